The number of carbonyl (C=O) groups is 4. The molecule has 256 valence electrons. The van der Waals surface area contributed by atoms with Crippen molar-refractivity contribution in [1.82, 2.24) is 0 Å². The number of hydrogen-bond donors (Lipinski definition) is 1. The molecule has 0 amide bonds. The molecular weight excluding hydrogens is 687 g/mol. The SMILES string of the molecule is CC(C)(Oc1ccc(C(=O)c2ccc(Cl)cc2)cc1)C(=O)OCCOCC(S)C(=O)C(C)(C)Oc1ccc(C(=O)c2ccc(Cl)cc2)cc1. The van der Waals surface area contributed by atoms with E-state index in [0.717, 1.165) is 0 Å². The quantitative estimate of drug-likeness (QED) is 0.0539. The lowest BCUT2D eigenvalue weighted by Crippen LogP contribution is -2.44. The molecule has 1 atom stereocenters. The molecule has 0 spiro atoms. The van der Waals surface area contributed by atoms with Crippen LogP contribution in [0.25, 0.3) is 0 Å². The maximum absolute atomic E-state index is 13.1. The summed E-state index contributed by atoms with van der Waals surface area (Å²) in [7, 11) is 0. The zero-order valence-corrected chi connectivity index (χ0v) is 29.8. The van der Waals surface area contributed by atoms with Crippen LogP contribution in [0.2, 0.25) is 10.0 Å². The minimum absolute atomic E-state index is 0.0259. The fourth-order valence-electron chi connectivity index (χ4n) is 4.60. The number of halogens is 2. The second-order valence-corrected chi connectivity index (χ2v) is 13.5. The average Bonchev–Trinajstić information content (AvgIpc) is 3.08. The van der Waals surface area contributed by atoms with Gasteiger partial charge in [-0.15, -0.1) is 0 Å². The van der Waals surface area contributed by atoms with Gasteiger partial charge in [-0.25, -0.2) is 4.79 Å². The van der Waals surface area contributed by atoms with Gasteiger partial charge in [0.15, 0.2) is 28.6 Å². The van der Waals surface area contributed by atoms with E-state index in [1.165, 1.54) is 0 Å². The Morgan fingerprint density at radius 2 is 0.959 bits per heavy atom. The zero-order chi connectivity index (χ0) is 35.8. The Balaban J connectivity index is 1.19. The highest BCUT2D eigenvalue weighted by atomic mass is 35.5. The van der Waals surface area contributed by atoms with Gasteiger partial charge in [0.25, 0.3) is 0 Å². The summed E-state index contributed by atoms with van der Waals surface area (Å²) in [6.45, 7) is 6.30. The molecule has 4 aromatic carbocycles. The Labute approximate surface area is 301 Å². The van der Waals surface area contributed by atoms with E-state index in [1.54, 1.807) is 125 Å². The molecule has 0 aliphatic carbocycles. The van der Waals surface area contributed by atoms with Crippen LogP contribution in [0.15, 0.2) is 97.1 Å². The third-order valence-corrected chi connectivity index (χ3v) is 8.20. The number of Topliss-reactive ketones (excluding diaryl/α,β-unsaturated/α-hetero) is 1. The number of ketones is 3. The van der Waals surface area contributed by atoms with E-state index in [-0.39, 0.29) is 37.2 Å². The van der Waals surface area contributed by atoms with Crippen molar-refractivity contribution in [2.24, 2.45) is 0 Å². The molecule has 0 aliphatic rings. The van der Waals surface area contributed by atoms with E-state index in [0.29, 0.717) is 43.8 Å². The Kier molecular flexibility index (Phi) is 12.7. The van der Waals surface area contributed by atoms with Gasteiger partial charge < -0.3 is 18.9 Å². The molecule has 0 aliphatic heterocycles. The summed E-state index contributed by atoms with van der Waals surface area (Å²) in [5.74, 6) is -0.474. The lowest BCUT2D eigenvalue weighted by Gasteiger charge is -2.27. The topological polar surface area (TPSA) is 105 Å². The van der Waals surface area contributed by atoms with Gasteiger partial charge in [0.2, 0.25) is 0 Å². The molecular formula is C38H36Cl2O8S. The van der Waals surface area contributed by atoms with Gasteiger partial charge in [-0.05, 0) is 125 Å². The van der Waals surface area contributed by atoms with Crippen molar-refractivity contribution >= 4 is 59.1 Å². The summed E-state index contributed by atoms with van der Waals surface area (Å²) in [6, 6.07) is 26.2. The third kappa shape index (κ3) is 10.4. The minimum atomic E-state index is -1.33. The zero-order valence-electron chi connectivity index (χ0n) is 27.4. The molecule has 0 bridgehead atoms. The van der Waals surface area contributed by atoms with Crippen LogP contribution < -0.4 is 9.47 Å². The van der Waals surface area contributed by atoms with Gasteiger partial charge in [0.1, 0.15) is 18.1 Å². The third-order valence-electron chi connectivity index (χ3n) is 7.32. The molecule has 4 rings (SSSR count). The molecule has 0 aromatic heterocycles. The van der Waals surface area contributed by atoms with E-state index < -0.39 is 22.4 Å². The second kappa shape index (κ2) is 16.5. The van der Waals surface area contributed by atoms with Crippen LogP contribution in [0.3, 0.4) is 0 Å². The van der Waals surface area contributed by atoms with Gasteiger partial charge in [-0.2, -0.15) is 12.6 Å². The molecule has 4 aromatic rings. The summed E-state index contributed by atoms with van der Waals surface area (Å²) in [4.78, 5) is 51.3. The Morgan fingerprint density at radius 1 is 0.592 bits per heavy atom. The average molecular weight is 724 g/mol. The first kappa shape index (κ1) is 37.7. The van der Waals surface area contributed by atoms with Crippen LogP contribution in [0, 0.1) is 0 Å². The van der Waals surface area contributed by atoms with Gasteiger partial charge in [0, 0.05) is 32.3 Å². The summed E-state index contributed by atoms with van der Waals surface area (Å²) in [6.07, 6.45) is 0. The highest BCUT2D eigenvalue weighted by Crippen LogP contribution is 2.25. The largest absolute Gasteiger partial charge is 0.480 e. The summed E-state index contributed by atoms with van der Waals surface area (Å²) < 4.78 is 22.7. The monoisotopic (exact) mass is 722 g/mol. The number of hydrogen-bond acceptors (Lipinski definition) is 9. The van der Waals surface area contributed by atoms with E-state index in [4.69, 9.17) is 42.1 Å². The molecule has 0 saturated carbocycles. The molecule has 0 fully saturated rings. The summed E-state index contributed by atoms with van der Waals surface area (Å²) >= 11 is 16.2. The molecule has 0 saturated heterocycles. The van der Waals surface area contributed by atoms with Crippen LogP contribution in [-0.2, 0) is 19.1 Å². The predicted octanol–water partition coefficient (Wildman–Crippen LogP) is 7.90. The molecule has 1 unspecified atom stereocenters. The van der Waals surface area contributed by atoms with Gasteiger partial charge in [-0.3, -0.25) is 14.4 Å². The number of ether oxygens (including phenoxy) is 4. The van der Waals surface area contributed by atoms with E-state index in [2.05, 4.69) is 12.6 Å². The lowest BCUT2D eigenvalue weighted by atomic mass is 10.00. The Hall–Kier alpha value is -4.15. The first-order chi connectivity index (χ1) is 23.2. The van der Waals surface area contributed by atoms with Crippen molar-refractivity contribution < 1.29 is 38.1 Å². The summed E-state index contributed by atoms with van der Waals surface area (Å²) in [5.41, 5.74) is -0.639. The maximum Gasteiger partial charge on any atom is 0.349 e. The highest BCUT2D eigenvalue weighted by molar-refractivity contribution is 7.81. The molecule has 0 heterocycles. The molecule has 11 heteroatoms. The van der Waals surface area contributed by atoms with Crippen molar-refractivity contribution in [1.29, 1.82) is 0 Å². The van der Waals surface area contributed by atoms with Crippen LogP contribution >= 0.6 is 35.8 Å². The number of thiol groups is 1. The van der Waals surface area contributed by atoms with Gasteiger partial charge >= 0.3 is 5.97 Å². The first-order valence-corrected chi connectivity index (χ1v) is 16.6. The number of carbonyl (C=O) groups excluding carboxylic acids is 4. The molecule has 0 N–H and O–H groups in total. The molecule has 0 radical (unpaired) electrons. The molecule has 8 nitrogen and oxygen atoms in total. The van der Waals surface area contributed by atoms with Crippen LogP contribution in [0.5, 0.6) is 11.5 Å². The van der Waals surface area contributed by atoms with Crippen molar-refractivity contribution in [3.8, 4) is 11.5 Å². The Morgan fingerprint density at radius 3 is 1.37 bits per heavy atom. The first-order valence-electron chi connectivity index (χ1n) is 15.3. The maximum atomic E-state index is 13.1. The van der Waals surface area contributed by atoms with Crippen molar-refractivity contribution in [2.45, 2.75) is 44.1 Å². The van der Waals surface area contributed by atoms with Crippen LogP contribution in [0.4, 0.5) is 0 Å². The Bertz CT molecular complexity index is 1770. The summed E-state index contributed by atoms with van der Waals surface area (Å²) in [5, 5.41) is 0.268. The number of esters is 1. The van der Waals surface area contributed by atoms with Crippen LogP contribution in [0.1, 0.15) is 59.5 Å². The second-order valence-electron chi connectivity index (χ2n) is 12.0. The smallest absolute Gasteiger partial charge is 0.349 e. The number of rotatable bonds is 16. The standard InChI is InChI=1S/C38H36Cl2O8S/c1-37(2,47-30-17-9-26(10-18-30)33(41)24-5-13-28(39)14-6-24)35(43)32(49)23-45-21-22-46-36(44)38(3,4)48-31-19-11-27(12-20-31)34(42)25-7-15-29(40)16-8-25/h5-20,32,49H,21-23H2,1-4H3. The van der Waals surface area contributed by atoms with Crippen LogP contribution in [-0.4, -0.2) is 59.6 Å². The van der Waals surface area contributed by atoms with Gasteiger partial charge in [0.05, 0.1) is 18.5 Å². The predicted molar refractivity (Wildman–Crippen MR) is 192 cm³/mol. The van der Waals surface area contributed by atoms with Crippen molar-refractivity contribution in [3.05, 3.63) is 129 Å². The normalized spacial score (nSPS) is 12.1. The van der Waals surface area contributed by atoms with E-state index >= 15 is 0 Å². The van der Waals surface area contributed by atoms with Crippen molar-refractivity contribution in [2.75, 3.05) is 19.8 Å². The molecule has 49 heavy (non-hydrogen) atoms. The van der Waals surface area contributed by atoms with E-state index in [9.17, 15) is 19.2 Å². The van der Waals surface area contributed by atoms with E-state index in [1.807, 2.05) is 0 Å². The fourth-order valence-corrected chi connectivity index (χ4v) is 5.27. The van der Waals surface area contributed by atoms with Gasteiger partial charge in [-0.1, -0.05) is 23.2 Å². The fraction of sp³-hybridized carbons (Fsp3) is 0.263. The lowest BCUT2D eigenvalue weighted by molar-refractivity contribution is -0.161. The van der Waals surface area contributed by atoms with Crippen molar-refractivity contribution in [3.63, 3.8) is 0 Å². The minimum Gasteiger partial charge on any atom is -0.480 e. The highest BCUT2D eigenvalue weighted by Gasteiger charge is 2.35. The number of benzene rings is 4.